The van der Waals surface area contributed by atoms with Gasteiger partial charge in [-0.15, -0.1) is 0 Å². The molecule has 168 valence electrons. The number of hydrogen-bond acceptors (Lipinski definition) is 3. The van der Waals surface area contributed by atoms with E-state index in [4.69, 9.17) is 4.74 Å². The van der Waals surface area contributed by atoms with Crippen molar-refractivity contribution in [1.82, 2.24) is 0 Å². The maximum absolute atomic E-state index is 10.1. The number of hydrogen-bond donors (Lipinski definition) is 2. The summed E-state index contributed by atoms with van der Waals surface area (Å²) in [6.45, 7) is 0. The quantitative estimate of drug-likeness (QED) is 0.278. The molecule has 0 bridgehead atoms. The van der Waals surface area contributed by atoms with Gasteiger partial charge in [-0.1, -0.05) is 66.7 Å². The summed E-state index contributed by atoms with van der Waals surface area (Å²) in [5.74, 6) is 2.22. The van der Waals surface area contributed by atoms with Gasteiger partial charge in [0, 0.05) is 17.0 Å². The molecule has 35 heavy (non-hydrogen) atoms. The van der Waals surface area contributed by atoms with Crippen LogP contribution in [0.1, 0.15) is 22.6 Å². The van der Waals surface area contributed by atoms with Gasteiger partial charge in [0.15, 0.2) is 0 Å². The Balaban J connectivity index is 1.54. The molecule has 7 rings (SSSR count). The van der Waals surface area contributed by atoms with Crippen LogP contribution in [0.2, 0.25) is 0 Å². The number of phenolic OH excluding ortho intramolecular Hbond substituents is 2. The molecule has 0 saturated heterocycles. The fourth-order valence-electron chi connectivity index (χ4n) is 5.70. The van der Waals surface area contributed by atoms with Gasteiger partial charge in [-0.2, -0.15) is 0 Å². The third-order valence-corrected chi connectivity index (χ3v) is 7.23. The van der Waals surface area contributed by atoms with E-state index in [1.54, 1.807) is 24.3 Å². The Labute approximate surface area is 202 Å². The Hall–Kier alpha value is -4.50. The van der Waals surface area contributed by atoms with Crippen LogP contribution in [0.4, 0.5) is 0 Å². The summed E-state index contributed by atoms with van der Waals surface area (Å²) in [5.41, 5.74) is 3.53. The van der Waals surface area contributed by atoms with E-state index < -0.39 is 0 Å². The molecule has 0 amide bonds. The van der Waals surface area contributed by atoms with Crippen molar-refractivity contribution >= 4 is 32.3 Å². The molecule has 6 aromatic carbocycles. The third-order valence-electron chi connectivity index (χ3n) is 7.23. The van der Waals surface area contributed by atoms with E-state index >= 15 is 0 Å². The number of rotatable bonds is 2. The maximum atomic E-state index is 10.1. The average molecular weight is 455 g/mol. The lowest BCUT2D eigenvalue weighted by Gasteiger charge is -2.31. The molecule has 3 nitrogen and oxygen atoms in total. The Morgan fingerprint density at radius 3 is 1.80 bits per heavy atom. The molecule has 1 heterocycles. The molecule has 0 radical (unpaired) electrons. The summed E-state index contributed by atoms with van der Waals surface area (Å²) < 4.78 is 6.48. The van der Waals surface area contributed by atoms with Gasteiger partial charge in [-0.3, -0.25) is 0 Å². The number of phenols is 2. The van der Waals surface area contributed by atoms with Gasteiger partial charge < -0.3 is 14.9 Å². The van der Waals surface area contributed by atoms with E-state index in [1.807, 2.05) is 36.4 Å². The van der Waals surface area contributed by atoms with E-state index in [1.165, 1.54) is 16.3 Å². The molecule has 0 aromatic heterocycles. The summed E-state index contributed by atoms with van der Waals surface area (Å²) >= 11 is 0. The molecule has 3 heteroatoms. The predicted octanol–water partition coefficient (Wildman–Crippen LogP) is 8.04. The maximum Gasteiger partial charge on any atom is 0.131 e. The van der Waals surface area contributed by atoms with E-state index in [-0.39, 0.29) is 17.4 Å². The highest BCUT2D eigenvalue weighted by atomic mass is 16.5. The van der Waals surface area contributed by atoms with Crippen LogP contribution in [0.5, 0.6) is 23.0 Å². The number of fused-ring (bicyclic) bond motifs is 7. The minimum absolute atomic E-state index is 0.0287. The first-order valence-electron chi connectivity index (χ1n) is 11.8. The summed E-state index contributed by atoms with van der Waals surface area (Å²) in [5, 5.41) is 26.8. The summed E-state index contributed by atoms with van der Waals surface area (Å²) in [7, 11) is 0. The number of aromatic hydroxyl groups is 2. The predicted molar refractivity (Wildman–Crippen MR) is 141 cm³/mol. The smallest absolute Gasteiger partial charge is 0.131 e. The van der Waals surface area contributed by atoms with Crippen molar-refractivity contribution in [3.05, 3.63) is 120 Å². The van der Waals surface area contributed by atoms with Crippen molar-refractivity contribution in [2.45, 2.75) is 12.3 Å². The van der Waals surface area contributed by atoms with Crippen LogP contribution in [0.15, 0.2) is 103 Å². The van der Waals surface area contributed by atoms with E-state index in [9.17, 15) is 10.2 Å². The molecule has 1 aliphatic heterocycles. The standard InChI is InChI=1S/C32H22O3/c33-23-10-12-26-21(16-23)8-14-29-31(26)28(18-20-6-3-5-19-4-1-2-7-25(19)20)32-27-13-11-24(34)17-22(27)9-15-30(32)35-29/h1-17,28,33-34H,18H2. The first-order valence-corrected chi connectivity index (χ1v) is 11.8. The molecule has 0 saturated carbocycles. The Kier molecular flexibility index (Phi) is 4.27. The summed E-state index contributed by atoms with van der Waals surface area (Å²) in [6, 6.07) is 34.1. The van der Waals surface area contributed by atoms with Crippen molar-refractivity contribution < 1.29 is 14.9 Å². The Morgan fingerprint density at radius 1 is 0.543 bits per heavy atom. The third kappa shape index (κ3) is 3.12. The van der Waals surface area contributed by atoms with Crippen LogP contribution < -0.4 is 4.74 Å². The topological polar surface area (TPSA) is 49.7 Å². The summed E-state index contributed by atoms with van der Waals surface area (Å²) in [6.07, 6.45) is 0.796. The second-order valence-electron chi connectivity index (χ2n) is 9.26. The van der Waals surface area contributed by atoms with Crippen LogP contribution in [0.25, 0.3) is 32.3 Å². The highest BCUT2D eigenvalue weighted by molar-refractivity contribution is 5.95. The Morgan fingerprint density at radius 2 is 1.14 bits per heavy atom. The average Bonchev–Trinajstić information content (AvgIpc) is 2.88. The van der Waals surface area contributed by atoms with Crippen LogP contribution in [-0.4, -0.2) is 10.2 Å². The van der Waals surface area contributed by atoms with Gasteiger partial charge in [0.2, 0.25) is 0 Å². The molecular formula is C32H22O3. The minimum atomic E-state index is 0.0287. The lowest BCUT2D eigenvalue weighted by Crippen LogP contribution is -2.14. The lowest BCUT2D eigenvalue weighted by molar-refractivity contribution is 0.448. The zero-order valence-electron chi connectivity index (χ0n) is 18.9. The molecule has 6 aromatic rings. The van der Waals surface area contributed by atoms with Gasteiger partial charge >= 0.3 is 0 Å². The fraction of sp³-hybridized carbons (Fsp3) is 0.0625. The molecule has 2 N–H and O–H groups in total. The van der Waals surface area contributed by atoms with Crippen molar-refractivity contribution in [2.75, 3.05) is 0 Å². The molecule has 0 atom stereocenters. The van der Waals surface area contributed by atoms with E-state index in [2.05, 4.69) is 42.5 Å². The second kappa shape index (κ2) is 7.51. The van der Waals surface area contributed by atoms with Crippen LogP contribution in [0, 0.1) is 0 Å². The molecule has 0 aliphatic carbocycles. The molecule has 0 unspecified atom stereocenters. The second-order valence-corrected chi connectivity index (χ2v) is 9.26. The molecular weight excluding hydrogens is 432 g/mol. The summed E-state index contributed by atoms with van der Waals surface area (Å²) in [4.78, 5) is 0. The van der Waals surface area contributed by atoms with Crippen molar-refractivity contribution in [1.29, 1.82) is 0 Å². The van der Waals surface area contributed by atoms with Crippen molar-refractivity contribution in [2.24, 2.45) is 0 Å². The number of ether oxygens (including phenoxy) is 1. The first kappa shape index (κ1) is 19.9. The van der Waals surface area contributed by atoms with Gasteiger partial charge in [0.05, 0.1) is 0 Å². The van der Waals surface area contributed by atoms with Gasteiger partial charge in [-0.05, 0) is 80.7 Å². The normalized spacial score (nSPS) is 13.0. The SMILES string of the molecule is Oc1ccc2c3c(ccc2c1)Oc1ccc2cc(O)ccc2c1C3Cc1cccc2ccccc12. The van der Waals surface area contributed by atoms with Crippen LogP contribution in [0.3, 0.4) is 0 Å². The van der Waals surface area contributed by atoms with Crippen molar-refractivity contribution in [3.63, 3.8) is 0 Å². The van der Waals surface area contributed by atoms with E-state index in [0.717, 1.165) is 50.6 Å². The Bertz CT molecular complexity index is 1690. The highest BCUT2D eigenvalue weighted by Crippen LogP contribution is 2.51. The number of benzene rings is 6. The van der Waals surface area contributed by atoms with Crippen LogP contribution >= 0.6 is 0 Å². The molecule has 1 aliphatic rings. The minimum Gasteiger partial charge on any atom is -0.508 e. The van der Waals surface area contributed by atoms with Gasteiger partial charge in [0.25, 0.3) is 0 Å². The molecule has 0 spiro atoms. The monoisotopic (exact) mass is 454 g/mol. The fourth-order valence-corrected chi connectivity index (χ4v) is 5.70. The highest BCUT2D eigenvalue weighted by Gasteiger charge is 2.31. The van der Waals surface area contributed by atoms with Gasteiger partial charge in [0.1, 0.15) is 23.0 Å². The zero-order chi connectivity index (χ0) is 23.5. The lowest BCUT2D eigenvalue weighted by atomic mass is 9.78. The van der Waals surface area contributed by atoms with Crippen molar-refractivity contribution in [3.8, 4) is 23.0 Å². The van der Waals surface area contributed by atoms with Gasteiger partial charge in [-0.25, -0.2) is 0 Å². The zero-order valence-corrected chi connectivity index (χ0v) is 18.9. The van der Waals surface area contributed by atoms with E-state index in [0.29, 0.717) is 0 Å². The van der Waals surface area contributed by atoms with Crippen LogP contribution in [-0.2, 0) is 6.42 Å². The molecule has 0 fully saturated rings. The largest absolute Gasteiger partial charge is 0.508 e. The first-order chi connectivity index (χ1) is 17.2.